The van der Waals surface area contributed by atoms with Crippen LogP contribution < -0.4 is 0 Å². The summed E-state index contributed by atoms with van der Waals surface area (Å²) in [6.45, 7) is 4.44. The first kappa shape index (κ1) is 16.1. The highest BCUT2D eigenvalue weighted by Gasteiger charge is 2.29. The predicted octanol–water partition coefficient (Wildman–Crippen LogP) is 0.810. The molecule has 0 aliphatic carbocycles. The van der Waals surface area contributed by atoms with Crippen LogP contribution in [0.3, 0.4) is 0 Å². The lowest BCUT2D eigenvalue weighted by Crippen LogP contribution is -2.48. The Morgan fingerprint density at radius 3 is 2.71 bits per heavy atom. The van der Waals surface area contributed by atoms with Crippen LogP contribution in [0.1, 0.15) is 21.7 Å². The van der Waals surface area contributed by atoms with Crippen LogP contribution in [0.5, 0.6) is 0 Å². The number of rotatable bonds is 3. The van der Waals surface area contributed by atoms with Gasteiger partial charge in [-0.05, 0) is 32.0 Å². The van der Waals surface area contributed by atoms with Gasteiger partial charge in [0, 0.05) is 18.4 Å². The van der Waals surface area contributed by atoms with E-state index in [9.17, 15) is 9.59 Å². The van der Waals surface area contributed by atoms with Gasteiger partial charge >= 0.3 is 5.97 Å². The quantitative estimate of drug-likeness (QED) is 0.894. The van der Waals surface area contributed by atoms with E-state index in [2.05, 4.69) is 10.1 Å². The van der Waals surface area contributed by atoms with Crippen LogP contribution in [0.15, 0.2) is 24.4 Å². The van der Waals surface area contributed by atoms with Gasteiger partial charge in [-0.3, -0.25) is 4.79 Å². The van der Waals surface area contributed by atoms with Gasteiger partial charge in [-0.2, -0.15) is 5.10 Å². The van der Waals surface area contributed by atoms with Gasteiger partial charge in [0.1, 0.15) is 0 Å². The average molecular weight is 330 g/mol. The van der Waals surface area contributed by atoms with Gasteiger partial charge < -0.3 is 14.7 Å². The minimum atomic E-state index is -1.06. The number of aliphatic carboxylic acids is 1. The molecule has 126 valence electrons. The molecule has 24 heavy (non-hydrogen) atoms. The van der Waals surface area contributed by atoms with Crippen molar-refractivity contribution >= 4 is 11.9 Å². The van der Waals surface area contributed by atoms with Crippen LogP contribution in [0, 0.1) is 13.8 Å². The summed E-state index contributed by atoms with van der Waals surface area (Å²) in [5.41, 5.74) is 2.25. The molecule has 0 radical (unpaired) electrons. The van der Waals surface area contributed by atoms with Crippen LogP contribution >= 0.6 is 0 Å². The van der Waals surface area contributed by atoms with E-state index in [4.69, 9.17) is 9.84 Å². The predicted molar refractivity (Wildman–Crippen MR) is 84.1 cm³/mol. The molecule has 1 amide bonds. The smallest absolute Gasteiger partial charge is 0.334 e. The van der Waals surface area contributed by atoms with Gasteiger partial charge in [0.2, 0.25) is 0 Å². The lowest BCUT2D eigenvalue weighted by Gasteiger charge is -2.30. The fourth-order valence-electron chi connectivity index (χ4n) is 2.66. The van der Waals surface area contributed by atoms with Gasteiger partial charge in [0.25, 0.3) is 5.91 Å². The van der Waals surface area contributed by atoms with E-state index in [0.717, 1.165) is 11.4 Å². The molecule has 1 fully saturated rings. The average Bonchev–Trinajstić information content (AvgIpc) is 2.93. The second-order valence-electron chi connectivity index (χ2n) is 5.69. The molecular formula is C16H18N4O4. The van der Waals surface area contributed by atoms with Crippen molar-refractivity contribution in [3.05, 3.63) is 41.3 Å². The summed E-state index contributed by atoms with van der Waals surface area (Å²) in [5.74, 6) is -0.690. The number of aromatic nitrogens is 3. The molecule has 8 heteroatoms. The van der Waals surface area contributed by atoms with Crippen molar-refractivity contribution in [2.75, 3.05) is 19.7 Å². The maximum Gasteiger partial charge on any atom is 0.334 e. The van der Waals surface area contributed by atoms with E-state index in [1.807, 2.05) is 19.9 Å². The molecule has 0 aromatic carbocycles. The number of carboxylic acid groups (broad SMARTS) is 1. The molecule has 0 saturated carbocycles. The van der Waals surface area contributed by atoms with Gasteiger partial charge in [-0.25, -0.2) is 14.5 Å². The number of hydrogen-bond donors (Lipinski definition) is 1. The van der Waals surface area contributed by atoms with Crippen molar-refractivity contribution in [3.8, 4) is 5.82 Å². The zero-order valence-electron chi connectivity index (χ0n) is 13.5. The van der Waals surface area contributed by atoms with Crippen molar-refractivity contribution < 1.29 is 19.4 Å². The third kappa shape index (κ3) is 3.13. The second-order valence-corrected chi connectivity index (χ2v) is 5.69. The number of morpholine rings is 1. The molecule has 2 aromatic heterocycles. The van der Waals surface area contributed by atoms with E-state index in [-0.39, 0.29) is 19.1 Å². The number of carbonyl (C=O) groups is 2. The largest absolute Gasteiger partial charge is 0.479 e. The molecular weight excluding hydrogens is 312 g/mol. The highest BCUT2D eigenvalue weighted by molar-refractivity contribution is 5.94. The molecule has 1 N–H and O–H groups in total. The fourth-order valence-corrected chi connectivity index (χ4v) is 2.66. The van der Waals surface area contributed by atoms with Crippen LogP contribution in [0.25, 0.3) is 5.82 Å². The Morgan fingerprint density at radius 1 is 1.33 bits per heavy atom. The first-order chi connectivity index (χ1) is 11.5. The number of carbonyl (C=O) groups excluding carboxylic acids is 1. The van der Waals surface area contributed by atoms with Gasteiger partial charge in [0.15, 0.2) is 11.9 Å². The molecule has 1 aliphatic rings. The molecule has 1 aliphatic heterocycles. The first-order valence-electron chi connectivity index (χ1n) is 7.59. The summed E-state index contributed by atoms with van der Waals surface area (Å²) >= 11 is 0. The van der Waals surface area contributed by atoms with Crippen LogP contribution in [-0.2, 0) is 9.53 Å². The third-order valence-corrected chi connectivity index (χ3v) is 3.85. The van der Waals surface area contributed by atoms with Gasteiger partial charge in [-0.1, -0.05) is 0 Å². The third-order valence-electron chi connectivity index (χ3n) is 3.85. The molecule has 3 heterocycles. The number of carboxylic acids is 1. The summed E-state index contributed by atoms with van der Waals surface area (Å²) in [6.07, 6.45) is 0.504. The highest BCUT2D eigenvalue weighted by atomic mass is 16.5. The van der Waals surface area contributed by atoms with Crippen molar-refractivity contribution in [1.29, 1.82) is 0 Å². The van der Waals surface area contributed by atoms with Crippen LogP contribution in [0.2, 0.25) is 0 Å². The van der Waals surface area contributed by atoms with E-state index in [1.165, 1.54) is 11.1 Å². The Labute approximate surface area is 138 Å². The van der Waals surface area contributed by atoms with E-state index in [1.54, 1.807) is 16.8 Å². The standard InChI is InChI=1S/C16H18N4O4/c1-10-7-11(2)20(18-10)14-4-3-12(8-17-14)15(21)19-5-6-24-13(9-19)16(22)23/h3-4,7-8,13H,5-6,9H2,1-2H3,(H,22,23)/t13-/m1/s1. The normalized spacial score (nSPS) is 17.8. The Kier molecular flexibility index (Phi) is 4.30. The SMILES string of the molecule is Cc1cc(C)n(-c2ccc(C(=O)N3CCO[C@@H](C(=O)O)C3)cn2)n1. The number of hydrogen-bond acceptors (Lipinski definition) is 5. The summed E-state index contributed by atoms with van der Waals surface area (Å²) < 4.78 is 6.83. The molecule has 0 unspecified atom stereocenters. The summed E-state index contributed by atoms with van der Waals surface area (Å²) in [7, 11) is 0. The zero-order valence-corrected chi connectivity index (χ0v) is 13.5. The lowest BCUT2D eigenvalue weighted by molar-refractivity contribution is -0.154. The van der Waals surface area contributed by atoms with Crippen molar-refractivity contribution in [1.82, 2.24) is 19.7 Å². The molecule has 1 saturated heterocycles. The topological polar surface area (TPSA) is 97.5 Å². The fraction of sp³-hybridized carbons (Fsp3) is 0.375. The molecule has 0 bridgehead atoms. The Balaban J connectivity index is 1.76. The molecule has 8 nitrogen and oxygen atoms in total. The maximum atomic E-state index is 12.5. The summed E-state index contributed by atoms with van der Waals surface area (Å²) in [5, 5.41) is 13.4. The van der Waals surface area contributed by atoms with E-state index < -0.39 is 12.1 Å². The van der Waals surface area contributed by atoms with Crippen molar-refractivity contribution in [2.24, 2.45) is 0 Å². The van der Waals surface area contributed by atoms with Crippen molar-refractivity contribution in [2.45, 2.75) is 20.0 Å². The minimum Gasteiger partial charge on any atom is -0.479 e. The second kappa shape index (κ2) is 6.40. The minimum absolute atomic E-state index is 0.0351. The van der Waals surface area contributed by atoms with E-state index in [0.29, 0.717) is 17.9 Å². The Bertz CT molecular complexity index is 769. The van der Waals surface area contributed by atoms with Crippen LogP contribution in [0.4, 0.5) is 0 Å². The highest BCUT2D eigenvalue weighted by Crippen LogP contribution is 2.13. The Hall–Kier alpha value is -2.74. The Morgan fingerprint density at radius 2 is 2.12 bits per heavy atom. The van der Waals surface area contributed by atoms with E-state index >= 15 is 0 Å². The molecule has 1 atom stereocenters. The molecule has 3 rings (SSSR count). The van der Waals surface area contributed by atoms with Gasteiger partial charge in [0.05, 0.1) is 24.4 Å². The summed E-state index contributed by atoms with van der Waals surface area (Å²) in [6, 6.07) is 5.34. The summed E-state index contributed by atoms with van der Waals surface area (Å²) in [4.78, 5) is 29.3. The number of nitrogens with zero attached hydrogens (tertiary/aromatic N) is 4. The number of aryl methyl sites for hydroxylation is 2. The number of ether oxygens (including phenoxy) is 1. The van der Waals surface area contributed by atoms with Crippen molar-refractivity contribution in [3.63, 3.8) is 0 Å². The monoisotopic (exact) mass is 330 g/mol. The maximum absolute atomic E-state index is 12.5. The van der Waals surface area contributed by atoms with Crippen LogP contribution in [-0.4, -0.2) is 62.4 Å². The molecule has 2 aromatic rings. The number of amides is 1. The molecule has 0 spiro atoms. The first-order valence-corrected chi connectivity index (χ1v) is 7.59. The lowest BCUT2D eigenvalue weighted by atomic mass is 10.2. The van der Waals surface area contributed by atoms with Gasteiger partial charge in [-0.15, -0.1) is 0 Å². The zero-order chi connectivity index (χ0) is 17.3. The number of pyridine rings is 1.